The van der Waals surface area contributed by atoms with Gasteiger partial charge in [-0.3, -0.25) is 14.6 Å². The van der Waals surface area contributed by atoms with Crippen molar-refractivity contribution in [1.29, 1.82) is 0 Å². The number of hydrogen-bond acceptors (Lipinski definition) is 5. The summed E-state index contributed by atoms with van der Waals surface area (Å²) in [5.41, 5.74) is 1.64. The maximum Gasteiger partial charge on any atom is 0.417 e. The van der Waals surface area contributed by atoms with Crippen LogP contribution in [-0.4, -0.2) is 39.8 Å². The molecule has 172 valence electrons. The summed E-state index contributed by atoms with van der Waals surface area (Å²) in [6, 6.07) is 3.90. The van der Waals surface area contributed by atoms with Gasteiger partial charge in [-0.2, -0.15) is 17.6 Å². The lowest BCUT2D eigenvalue weighted by atomic mass is 9.77. The van der Waals surface area contributed by atoms with Crippen LogP contribution in [0.3, 0.4) is 0 Å². The molecule has 0 spiro atoms. The highest BCUT2D eigenvalue weighted by atomic mass is 19.4. The van der Waals surface area contributed by atoms with Crippen molar-refractivity contribution in [3.8, 4) is 5.75 Å². The van der Waals surface area contributed by atoms with E-state index < -0.39 is 64.5 Å². The summed E-state index contributed by atoms with van der Waals surface area (Å²) in [5, 5.41) is 12.4. The minimum atomic E-state index is -4.93. The molecule has 1 saturated heterocycles. The Bertz CT molecular complexity index is 1080. The maximum absolute atomic E-state index is 14.0. The molecule has 1 aliphatic heterocycles. The number of alkyl halides is 3. The average molecular weight is 459 g/mol. The van der Waals surface area contributed by atoms with Gasteiger partial charge in [0.05, 0.1) is 0 Å². The number of amides is 2. The van der Waals surface area contributed by atoms with Crippen molar-refractivity contribution in [2.75, 3.05) is 5.32 Å². The molecule has 3 rings (SSSR count). The van der Waals surface area contributed by atoms with E-state index in [1.165, 1.54) is 6.07 Å². The van der Waals surface area contributed by atoms with Crippen LogP contribution in [-0.2, 0) is 9.53 Å². The lowest BCUT2D eigenvalue weighted by molar-refractivity contribution is -0.272. The third kappa shape index (κ3) is 3.85. The first-order valence-electron chi connectivity index (χ1n) is 9.26. The number of rotatable bonds is 4. The van der Waals surface area contributed by atoms with Crippen LogP contribution < -0.4 is 11.1 Å². The van der Waals surface area contributed by atoms with Gasteiger partial charge in [0.25, 0.3) is 11.8 Å². The first kappa shape index (κ1) is 23.4. The summed E-state index contributed by atoms with van der Waals surface area (Å²) in [5.74, 6) is -9.22. The molecule has 7 nitrogen and oxygen atoms in total. The fourth-order valence-corrected chi connectivity index (χ4v) is 3.70. The monoisotopic (exact) mass is 459 g/mol. The molecule has 2 heterocycles. The number of aromatic nitrogens is 1. The first-order chi connectivity index (χ1) is 14.8. The summed E-state index contributed by atoms with van der Waals surface area (Å²) in [7, 11) is 0. The third-order valence-electron chi connectivity index (χ3n) is 5.67. The van der Waals surface area contributed by atoms with Gasteiger partial charge in [-0.25, -0.2) is 4.39 Å². The third-order valence-corrected chi connectivity index (χ3v) is 5.67. The van der Waals surface area contributed by atoms with E-state index in [2.05, 4.69) is 10.3 Å². The molecule has 12 heteroatoms. The van der Waals surface area contributed by atoms with Crippen LogP contribution in [0.15, 0.2) is 30.5 Å². The second kappa shape index (κ2) is 8.01. The van der Waals surface area contributed by atoms with Crippen LogP contribution in [0.2, 0.25) is 0 Å². The lowest BCUT2D eigenvalue weighted by Crippen LogP contribution is -2.47. The van der Waals surface area contributed by atoms with Gasteiger partial charge in [0, 0.05) is 29.3 Å². The number of nitrogens with two attached hydrogens (primary N) is 1. The van der Waals surface area contributed by atoms with Gasteiger partial charge >= 0.3 is 6.18 Å². The van der Waals surface area contributed by atoms with Crippen LogP contribution in [0.4, 0.5) is 27.6 Å². The van der Waals surface area contributed by atoms with Crippen molar-refractivity contribution in [3.63, 3.8) is 0 Å². The highest BCUT2D eigenvalue weighted by Crippen LogP contribution is 2.54. The Morgan fingerprint density at radius 2 is 1.91 bits per heavy atom. The van der Waals surface area contributed by atoms with Gasteiger partial charge < -0.3 is 20.9 Å². The van der Waals surface area contributed by atoms with Gasteiger partial charge in [0.1, 0.15) is 11.8 Å². The molecule has 0 saturated carbocycles. The zero-order valence-corrected chi connectivity index (χ0v) is 16.7. The van der Waals surface area contributed by atoms with Crippen LogP contribution in [0.5, 0.6) is 5.75 Å². The summed E-state index contributed by atoms with van der Waals surface area (Å²) in [6.07, 6.45) is -5.63. The van der Waals surface area contributed by atoms with Gasteiger partial charge in [-0.1, -0.05) is 13.0 Å². The van der Waals surface area contributed by atoms with E-state index in [4.69, 9.17) is 10.5 Å². The molecule has 1 aliphatic rings. The Morgan fingerprint density at radius 1 is 1.25 bits per heavy atom. The number of phenolic OH excluding ortho intramolecular Hbond substituents is 1. The fraction of sp³-hybridized carbons (Fsp3) is 0.350. The van der Waals surface area contributed by atoms with E-state index in [0.29, 0.717) is 6.07 Å². The number of carbonyl (C=O) groups excluding carboxylic acids is 2. The van der Waals surface area contributed by atoms with Gasteiger partial charge in [-0.05, 0) is 25.1 Å². The number of pyridine rings is 1. The van der Waals surface area contributed by atoms with E-state index in [0.717, 1.165) is 32.2 Å². The molecule has 1 aromatic carbocycles. The van der Waals surface area contributed by atoms with Crippen molar-refractivity contribution >= 4 is 17.5 Å². The first-order valence-corrected chi connectivity index (χ1v) is 9.26. The molecule has 1 fully saturated rings. The number of nitrogens with zero attached hydrogens (tertiary/aromatic N) is 1. The smallest absolute Gasteiger partial charge is 0.417 e. The number of anilines is 1. The zero-order valence-electron chi connectivity index (χ0n) is 16.7. The number of nitrogens with one attached hydrogen (secondary N) is 1. The van der Waals surface area contributed by atoms with Crippen molar-refractivity contribution in [3.05, 3.63) is 53.4 Å². The molecule has 2 amide bonds. The van der Waals surface area contributed by atoms with Gasteiger partial charge in [-0.15, -0.1) is 0 Å². The minimum Gasteiger partial charge on any atom is -0.505 e. The molecular formula is C20H18F5N3O4. The van der Waals surface area contributed by atoms with Crippen LogP contribution in [0.1, 0.15) is 35.8 Å². The Labute approximate surface area is 178 Å². The Kier molecular flexibility index (Phi) is 5.85. The number of hydrogen-bond donors (Lipinski definition) is 3. The minimum absolute atomic E-state index is 0.0103. The van der Waals surface area contributed by atoms with E-state index in [1.807, 2.05) is 0 Å². The molecule has 4 N–H and O–H groups in total. The molecular weight excluding hydrogens is 441 g/mol. The molecule has 2 aromatic rings. The summed E-state index contributed by atoms with van der Waals surface area (Å²) in [6.45, 7) is 1.86. The van der Waals surface area contributed by atoms with E-state index in [1.54, 1.807) is 0 Å². The van der Waals surface area contributed by atoms with Gasteiger partial charge in [0.15, 0.2) is 17.2 Å². The number of halogens is 5. The highest BCUT2D eigenvalue weighted by molar-refractivity contribution is 5.97. The van der Waals surface area contributed by atoms with E-state index in [9.17, 15) is 36.6 Å². The summed E-state index contributed by atoms with van der Waals surface area (Å²) >= 11 is 0. The standard InChI is InChI=1S/C20H18F5N3O4/c1-8-13(10-3-4-11(21)14(22)15(10)29)16(32-19(8,2)20(23,24)25)18(31)28-9-5-6-27-12(7-9)17(26)30/h3-8,13,16,29H,1-2H3,(H2,26,30)(H,27,28,31). The summed E-state index contributed by atoms with van der Waals surface area (Å²) in [4.78, 5) is 27.9. The fourth-order valence-electron chi connectivity index (χ4n) is 3.70. The number of benzene rings is 1. The highest BCUT2D eigenvalue weighted by Gasteiger charge is 2.65. The molecule has 4 atom stereocenters. The number of primary amides is 1. The summed E-state index contributed by atoms with van der Waals surface area (Å²) < 4.78 is 74.0. The van der Waals surface area contributed by atoms with E-state index >= 15 is 0 Å². The molecule has 0 bridgehead atoms. The Balaban J connectivity index is 2.05. The SMILES string of the molecule is CC1C(c2ccc(F)c(F)c2O)C(C(=O)Nc2ccnc(C(N)=O)c2)OC1(C)C(F)(F)F. The Morgan fingerprint density at radius 3 is 2.50 bits per heavy atom. The topological polar surface area (TPSA) is 115 Å². The molecule has 1 aromatic heterocycles. The van der Waals surface area contributed by atoms with Crippen molar-refractivity contribution in [2.45, 2.75) is 37.6 Å². The number of aromatic hydroxyl groups is 1. The zero-order chi connectivity index (χ0) is 24.0. The van der Waals surface area contributed by atoms with Crippen LogP contribution in [0, 0.1) is 17.6 Å². The number of ether oxygens (including phenoxy) is 1. The predicted octanol–water partition coefficient (Wildman–Crippen LogP) is 3.24. The normalized spacial score (nSPS) is 25.5. The lowest BCUT2D eigenvalue weighted by Gasteiger charge is -2.31. The molecule has 4 unspecified atom stereocenters. The molecule has 0 radical (unpaired) electrons. The van der Waals surface area contributed by atoms with Crippen LogP contribution >= 0.6 is 0 Å². The predicted molar refractivity (Wildman–Crippen MR) is 101 cm³/mol. The molecule has 0 aliphatic carbocycles. The van der Waals surface area contributed by atoms with Crippen molar-refractivity contribution in [1.82, 2.24) is 4.98 Å². The van der Waals surface area contributed by atoms with E-state index in [-0.39, 0.29) is 11.4 Å². The Hall–Kier alpha value is -3.28. The average Bonchev–Trinajstić information content (AvgIpc) is 2.99. The van der Waals surface area contributed by atoms with Crippen molar-refractivity contribution in [2.24, 2.45) is 11.7 Å². The second-order valence-electron chi connectivity index (χ2n) is 7.54. The maximum atomic E-state index is 14.0. The number of carbonyl (C=O) groups is 2. The number of phenols is 1. The van der Waals surface area contributed by atoms with Crippen molar-refractivity contribution < 1.29 is 41.4 Å². The van der Waals surface area contributed by atoms with Crippen LogP contribution in [0.25, 0.3) is 0 Å². The quantitative estimate of drug-likeness (QED) is 0.608. The van der Waals surface area contributed by atoms with Gasteiger partial charge in [0.2, 0.25) is 5.82 Å². The largest absolute Gasteiger partial charge is 0.505 e. The second-order valence-corrected chi connectivity index (χ2v) is 7.54. The molecule has 32 heavy (non-hydrogen) atoms.